The van der Waals surface area contributed by atoms with Crippen LogP contribution in [0.25, 0.3) is 11.1 Å². The SMILES string of the molecule is COC(=O)[C@@H]1[C@H](NC(=O)c2cc(-c3cc(C(N)=O)c(F)cc3F)c(F)cc2OC)[C@H]2CC(=C(F)F)[C@@H]1C2. The van der Waals surface area contributed by atoms with Gasteiger partial charge in [-0.15, -0.1) is 0 Å². The number of nitrogens with one attached hydrogen (secondary N) is 1. The van der Waals surface area contributed by atoms with Crippen molar-refractivity contribution in [3.63, 3.8) is 0 Å². The largest absolute Gasteiger partial charge is 0.496 e. The van der Waals surface area contributed by atoms with Crippen LogP contribution in [0, 0.1) is 35.2 Å². The molecule has 196 valence electrons. The van der Waals surface area contributed by atoms with Crippen LogP contribution in [0.5, 0.6) is 5.75 Å². The van der Waals surface area contributed by atoms with Gasteiger partial charge in [0.25, 0.3) is 17.9 Å². The van der Waals surface area contributed by atoms with Gasteiger partial charge < -0.3 is 20.5 Å². The van der Waals surface area contributed by atoms with E-state index in [0.29, 0.717) is 6.07 Å². The normalized spacial score (nSPS) is 22.1. The number of benzene rings is 2. The van der Waals surface area contributed by atoms with E-state index >= 15 is 0 Å². The number of halogens is 5. The predicted octanol–water partition coefficient (Wildman–Crippen LogP) is 3.96. The summed E-state index contributed by atoms with van der Waals surface area (Å²) in [5, 5.41) is 2.64. The van der Waals surface area contributed by atoms with Crippen molar-refractivity contribution in [2.24, 2.45) is 23.5 Å². The summed E-state index contributed by atoms with van der Waals surface area (Å²) in [4.78, 5) is 37.2. The lowest BCUT2D eigenvalue weighted by molar-refractivity contribution is -0.147. The average molecular weight is 524 g/mol. The Morgan fingerprint density at radius 1 is 0.946 bits per heavy atom. The van der Waals surface area contributed by atoms with E-state index in [-0.39, 0.29) is 29.7 Å². The summed E-state index contributed by atoms with van der Waals surface area (Å²) in [5.74, 6) is -8.94. The van der Waals surface area contributed by atoms with Crippen LogP contribution in [0.4, 0.5) is 22.0 Å². The molecule has 2 aromatic carbocycles. The number of methoxy groups -OCH3 is 2. The zero-order valence-corrected chi connectivity index (χ0v) is 19.5. The van der Waals surface area contributed by atoms with Crippen LogP contribution < -0.4 is 15.8 Å². The number of carbonyl (C=O) groups is 3. The van der Waals surface area contributed by atoms with Crippen molar-refractivity contribution in [3.8, 4) is 16.9 Å². The number of amides is 2. The lowest BCUT2D eigenvalue weighted by Gasteiger charge is -2.31. The minimum atomic E-state index is -1.87. The number of fused-ring (bicyclic) bond motifs is 2. The third-order valence-electron chi connectivity index (χ3n) is 6.97. The molecule has 2 fully saturated rings. The number of hydrogen-bond acceptors (Lipinski definition) is 5. The molecule has 2 aliphatic rings. The molecule has 0 unspecified atom stereocenters. The van der Waals surface area contributed by atoms with E-state index in [1.54, 1.807) is 0 Å². The first kappa shape index (κ1) is 26.1. The highest BCUT2D eigenvalue weighted by molar-refractivity contribution is 5.99. The number of hydrogen-bond donors (Lipinski definition) is 2. The second-order valence-electron chi connectivity index (χ2n) is 8.85. The maximum Gasteiger partial charge on any atom is 0.311 e. The van der Waals surface area contributed by atoms with Crippen molar-refractivity contribution in [2.75, 3.05) is 14.2 Å². The number of primary amides is 1. The third kappa shape index (κ3) is 4.51. The standard InChI is InChI=1S/C25H21F5N2O5/c1-36-19-8-18(28)11(10-5-14(23(31)33)17(27)7-16(10)26)6-15(19)24(34)32-21-9-3-12(13(4-9)22(29)30)20(21)25(35)37-2/h5-9,12,20-21H,3-4H2,1-2H3,(H2,31,33)(H,32,34)/t9-,12+,20+,21-/m1/s1. The second-order valence-corrected chi connectivity index (χ2v) is 8.85. The second kappa shape index (κ2) is 9.83. The van der Waals surface area contributed by atoms with Gasteiger partial charge in [-0.25, -0.2) is 13.2 Å². The molecular formula is C25H21F5N2O5. The van der Waals surface area contributed by atoms with E-state index in [1.165, 1.54) is 0 Å². The van der Waals surface area contributed by atoms with E-state index in [2.05, 4.69) is 5.32 Å². The molecule has 0 aliphatic heterocycles. The number of allylic oxidation sites excluding steroid dienone is 1. The molecule has 37 heavy (non-hydrogen) atoms. The fourth-order valence-corrected chi connectivity index (χ4v) is 5.32. The Labute approximate surface area is 207 Å². The van der Waals surface area contributed by atoms with Crippen molar-refractivity contribution in [1.82, 2.24) is 5.32 Å². The van der Waals surface area contributed by atoms with Gasteiger partial charge in [0, 0.05) is 35.2 Å². The van der Waals surface area contributed by atoms with Crippen molar-refractivity contribution in [2.45, 2.75) is 18.9 Å². The Bertz CT molecular complexity index is 1340. The first-order chi connectivity index (χ1) is 17.5. The minimum Gasteiger partial charge on any atom is -0.496 e. The van der Waals surface area contributed by atoms with Crippen molar-refractivity contribution >= 4 is 17.8 Å². The minimum absolute atomic E-state index is 0.0199. The monoisotopic (exact) mass is 524 g/mol. The number of ether oxygens (including phenoxy) is 2. The van der Waals surface area contributed by atoms with Gasteiger partial charge in [0.1, 0.15) is 23.2 Å². The van der Waals surface area contributed by atoms with Crippen LogP contribution in [0.3, 0.4) is 0 Å². The predicted molar refractivity (Wildman–Crippen MR) is 119 cm³/mol. The first-order valence-electron chi connectivity index (χ1n) is 11.1. The molecule has 0 aromatic heterocycles. The molecule has 2 amide bonds. The molecule has 4 rings (SSSR count). The Kier molecular flexibility index (Phi) is 6.94. The third-order valence-corrected chi connectivity index (χ3v) is 6.97. The maximum atomic E-state index is 14.9. The lowest BCUT2D eigenvalue weighted by Crippen LogP contribution is -2.47. The Balaban J connectivity index is 1.73. The molecule has 2 aliphatic carbocycles. The summed E-state index contributed by atoms with van der Waals surface area (Å²) in [6, 6.07) is 1.97. The van der Waals surface area contributed by atoms with E-state index in [1.807, 2.05) is 0 Å². The maximum absolute atomic E-state index is 14.9. The molecule has 0 radical (unpaired) electrons. The highest BCUT2D eigenvalue weighted by Gasteiger charge is 2.55. The Morgan fingerprint density at radius 2 is 1.57 bits per heavy atom. The summed E-state index contributed by atoms with van der Waals surface area (Å²) in [6.45, 7) is 0. The summed E-state index contributed by atoms with van der Waals surface area (Å²) in [5.41, 5.74) is 2.96. The number of carbonyl (C=O) groups excluding carboxylic acids is 3. The van der Waals surface area contributed by atoms with Gasteiger partial charge in [0.15, 0.2) is 0 Å². The molecule has 2 saturated carbocycles. The highest BCUT2D eigenvalue weighted by atomic mass is 19.3. The van der Waals surface area contributed by atoms with Gasteiger partial charge >= 0.3 is 5.97 Å². The summed E-state index contributed by atoms with van der Waals surface area (Å²) in [7, 11) is 2.26. The van der Waals surface area contributed by atoms with Crippen molar-refractivity contribution in [1.29, 1.82) is 0 Å². The smallest absolute Gasteiger partial charge is 0.311 e. The van der Waals surface area contributed by atoms with Gasteiger partial charge in [-0.3, -0.25) is 14.4 Å². The van der Waals surface area contributed by atoms with Crippen LogP contribution in [0.15, 0.2) is 35.9 Å². The molecule has 4 atom stereocenters. The molecular weight excluding hydrogens is 503 g/mol. The topological polar surface area (TPSA) is 108 Å². The summed E-state index contributed by atoms with van der Waals surface area (Å²) >= 11 is 0. The van der Waals surface area contributed by atoms with E-state index in [4.69, 9.17) is 15.2 Å². The molecule has 2 aromatic rings. The summed E-state index contributed by atoms with van der Waals surface area (Å²) < 4.78 is 80.0. The Morgan fingerprint density at radius 3 is 2.14 bits per heavy atom. The van der Waals surface area contributed by atoms with Crippen LogP contribution in [-0.4, -0.2) is 38.0 Å². The molecule has 12 heteroatoms. The molecule has 7 nitrogen and oxygen atoms in total. The van der Waals surface area contributed by atoms with Gasteiger partial charge in [-0.2, -0.15) is 8.78 Å². The van der Waals surface area contributed by atoms with Crippen LogP contribution >= 0.6 is 0 Å². The Hall–Kier alpha value is -3.96. The number of nitrogens with two attached hydrogens (primary N) is 1. The summed E-state index contributed by atoms with van der Waals surface area (Å²) in [6.07, 6.45) is -1.65. The molecule has 2 bridgehead atoms. The molecule has 0 spiro atoms. The van der Waals surface area contributed by atoms with Gasteiger partial charge in [-0.1, -0.05) is 0 Å². The number of rotatable bonds is 6. The zero-order chi connectivity index (χ0) is 27.2. The van der Waals surface area contributed by atoms with Gasteiger partial charge in [0.2, 0.25) is 0 Å². The fraction of sp³-hybridized carbons (Fsp3) is 0.320. The molecule has 3 N–H and O–H groups in total. The molecule has 0 saturated heterocycles. The zero-order valence-electron chi connectivity index (χ0n) is 19.5. The quantitative estimate of drug-likeness (QED) is 0.440. The fourth-order valence-electron chi connectivity index (χ4n) is 5.32. The first-order valence-corrected chi connectivity index (χ1v) is 11.1. The van der Waals surface area contributed by atoms with Gasteiger partial charge in [0.05, 0.1) is 31.3 Å². The van der Waals surface area contributed by atoms with E-state index < -0.39 is 81.8 Å². The molecule has 0 heterocycles. The van der Waals surface area contributed by atoms with Gasteiger partial charge in [-0.05, 0) is 36.5 Å². The number of esters is 1. The van der Waals surface area contributed by atoms with Crippen LogP contribution in [0.2, 0.25) is 0 Å². The highest BCUT2D eigenvalue weighted by Crippen LogP contribution is 2.53. The average Bonchev–Trinajstić information content (AvgIpc) is 3.42. The lowest BCUT2D eigenvalue weighted by atomic mass is 9.81. The van der Waals surface area contributed by atoms with E-state index in [9.17, 15) is 36.3 Å². The van der Waals surface area contributed by atoms with Crippen LogP contribution in [-0.2, 0) is 9.53 Å². The van der Waals surface area contributed by atoms with Crippen LogP contribution in [0.1, 0.15) is 33.6 Å². The van der Waals surface area contributed by atoms with E-state index in [0.717, 1.165) is 32.4 Å². The van der Waals surface area contributed by atoms with Crippen molar-refractivity contribution in [3.05, 3.63) is 64.5 Å². The van der Waals surface area contributed by atoms with Crippen molar-refractivity contribution < 1.29 is 45.8 Å².